The minimum atomic E-state index is 0.192. The summed E-state index contributed by atoms with van der Waals surface area (Å²) in [4.78, 5) is 8.80. The van der Waals surface area contributed by atoms with Gasteiger partial charge in [-0.3, -0.25) is 4.98 Å². The first kappa shape index (κ1) is 14.7. The predicted octanol–water partition coefficient (Wildman–Crippen LogP) is 5.42. The largest absolute Gasteiger partial charge is 0.505 e. The van der Waals surface area contributed by atoms with Gasteiger partial charge in [-0.05, 0) is 42.0 Å². The first-order valence-electron chi connectivity index (χ1n) is 8.33. The van der Waals surface area contributed by atoms with Crippen molar-refractivity contribution in [1.29, 1.82) is 0 Å². The lowest BCUT2D eigenvalue weighted by molar-refractivity contribution is 0.482. The van der Waals surface area contributed by atoms with Gasteiger partial charge in [0.2, 0.25) is 5.89 Å². The average Bonchev–Trinajstić information content (AvgIpc) is 3.13. The van der Waals surface area contributed by atoms with Crippen molar-refractivity contribution >= 4 is 22.0 Å². The van der Waals surface area contributed by atoms with Gasteiger partial charge in [0.1, 0.15) is 16.8 Å². The molecule has 0 aliphatic rings. The van der Waals surface area contributed by atoms with Crippen molar-refractivity contribution < 1.29 is 9.52 Å². The van der Waals surface area contributed by atoms with Crippen LogP contribution in [0, 0.1) is 0 Å². The number of rotatable bonds is 2. The lowest BCUT2D eigenvalue weighted by atomic mass is 10.0. The van der Waals surface area contributed by atoms with E-state index in [0.717, 1.165) is 33.2 Å². The minimum absolute atomic E-state index is 0.192. The van der Waals surface area contributed by atoms with Gasteiger partial charge in [0.15, 0.2) is 5.58 Å². The third-order valence-corrected chi connectivity index (χ3v) is 4.48. The van der Waals surface area contributed by atoms with E-state index in [1.165, 1.54) is 0 Å². The first-order chi connectivity index (χ1) is 12.8. The van der Waals surface area contributed by atoms with Crippen LogP contribution in [0.2, 0.25) is 0 Å². The second kappa shape index (κ2) is 5.70. The van der Waals surface area contributed by atoms with Gasteiger partial charge in [0, 0.05) is 22.7 Å². The van der Waals surface area contributed by atoms with Crippen LogP contribution in [0.25, 0.3) is 44.6 Å². The second-order valence-corrected chi connectivity index (χ2v) is 6.10. The maximum absolute atomic E-state index is 10.6. The van der Waals surface area contributed by atoms with E-state index in [1.54, 1.807) is 6.20 Å². The van der Waals surface area contributed by atoms with Crippen LogP contribution >= 0.6 is 0 Å². The number of para-hydroxylation sites is 2. The van der Waals surface area contributed by atoms with Crippen molar-refractivity contribution in [2.45, 2.75) is 0 Å². The summed E-state index contributed by atoms with van der Waals surface area (Å²) in [6.45, 7) is 0. The third-order valence-electron chi connectivity index (χ3n) is 4.48. The van der Waals surface area contributed by atoms with Crippen LogP contribution in [0.5, 0.6) is 5.75 Å². The van der Waals surface area contributed by atoms with E-state index in [0.29, 0.717) is 11.4 Å². The highest BCUT2D eigenvalue weighted by molar-refractivity contribution is 5.92. The van der Waals surface area contributed by atoms with Gasteiger partial charge in [0.05, 0.1) is 0 Å². The Balaban J connectivity index is 1.57. The zero-order chi connectivity index (χ0) is 17.5. The Kier molecular flexibility index (Phi) is 3.22. The molecular formula is C22H14N2O2. The lowest BCUT2D eigenvalue weighted by Crippen LogP contribution is -1.85. The fraction of sp³-hybridized carbons (Fsp3) is 0. The summed E-state index contributed by atoms with van der Waals surface area (Å²) in [5.41, 5.74) is 4.77. The number of phenols is 1. The molecular weight excluding hydrogens is 324 g/mol. The van der Waals surface area contributed by atoms with Crippen molar-refractivity contribution in [2.24, 2.45) is 0 Å². The van der Waals surface area contributed by atoms with Crippen molar-refractivity contribution in [3.8, 4) is 28.3 Å². The van der Waals surface area contributed by atoms with E-state index in [4.69, 9.17) is 4.42 Å². The molecule has 0 atom stereocenters. The molecule has 5 aromatic rings. The van der Waals surface area contributed by atoms with Crippen molar-refractivity contribution in [2.75, 3.05) is 0 Å². The van der Waals surface area contributed by atoms with E-state index in [9.17, 15) is 5.11 Å². The number of nitrogens with zero attached hydrogens (tertiary/aromatic N) is 2. The van der Waals surface area contributed by atoms with Crippen molar-refractivity contribution in [1.82, 2.24) is 9.97 Å². The van der Waals surface area contributed by atoms with Gasteiger partial charge in [-0.15, -0.1) is 0 Å². The Bertz CT molecular complexity index is 1210. The lowest BCUT2D eigenvalue weighted by Gasteiger charge is -2.08. The standard InChI is InChI=1S/C22H14N2O2/c25-21-17(12-11-15-4-3-13-23-20(15)21)14-7-9-16(10-8-14)22-24-18-5-1-2-6-19(18)26-22/h1-13,25H. The van der Waals surface area contributed by atoms with Crippen LogP contribution in [-0.4, -0.2) is 15.1 Å². The highest BCUT2D eigenvalue weighted by Crippen LogP contribution is 2.35. The van der Waals surface area contributed by atoms with Crippen molar-refractivity contribution in [3.63, 3.8) is 0 Å². The minimum Gasteiger partial charge on any atom is -0.505 e. The maximum atomic E-state index is 10.6. The summed E-state index contributed by atoms with van der Waals surface area (Å²) in [7, 11) is 0. The molecule has 0 amide bonds. The molecule has 124 valence electrons. The van der Waals surface area contributed by atoms with Crippen LogP contribution in [-0.2, 0) is 0 Å². The van der Waals surface area contributed by atoms with Crippen LogP contribution in [0.15, 0.2) is 83.4 Å². The summed E-state index contributed by atoms with van der Waals surface area (Å²) in [6, 6.07) is 23.2. The third kappa shape index (κ3) is 2.31. The molecule has 0 unspecified atom stereocenters. The molecule has 0 aliphatic carbocycles. The molecule has 1 N–H and O–H groups in total. The second-order valence-electron chi connectivity index (χ2n) is 6.10. The van der Waals surface area contributed by atoms with E-state index in [1.807, 2.05) is 72.8 Å². The normalized spacial score (nSPS) is 11.2. The number of oxazole rings is 1. The van der Waals surface area contributed by atoms with Crippen molar-refractivity contribution in [3.05, 3.63) is 79.0 Å². The fourth-order valence-corrected chi connectivity index (χ4v) is 3.15. The molecule has 0 radical (unpaired) electrons. The Hall–Kier alpha value is -3.66. The average molecular weight is 338 g/mol. The van der Waals surface area contributed by atoms with Gasteiger partial charge < -0.3 is 9.52 Å². The molecule has 0 aliphatic heterocycles. The van der Waals surface area contributed by atoms with E-state index >= 15 is 0 Å². The number of fused-ring (bicyclic) bond motifs is 2. The summed E-state index contributed by atoms with van der Waals surface area (Å²) in [5.74, 6) is 0.778. The molecule has 5 rings (SSSR count). The molecule has 0 saturated heterocycles. The smallest absolute Gasteiger partial charge is 0.227 e. The molecule has 0 bridgehead atoms. The molecule has 0 saturated carbocycles. The SMILES string of the molecule is Oc1c(-c2ccc(-c3nc4ccccc4o3)cc2)ccc2cccnc12. The van der Waals surface area contributed by atoms with E-state index in [2.05, 4.69) is 9.97 Å². The van der Waals surface area contributed by atoms with Gasteiger partial charge in [-0.1, -0.05) is 36.4 Å². The van der Waals surface area contributed by atoms with E-state index < -0.39 is 0 Å². The molecule has 4 heteroatoms. The number of pyridine rings is 1. The fourth-order valence-electron chi connectivity index (χ4n) is 3.15. The van der Waals surface area contributed by atoms with Gasteiger partial charge in [-0.25, -0.2) is 4.98 Å². The van der Waals surface area contributed by atoms with Gasteiger partial charge in [0.25, 0.3) is 0 Å². The number of phenolic OH excluding ortho intramolecular Hbond substituents is 1. The Morgan fingerprint density at radius 1 is 0.769 bits per heavy atom. The van der Waals surface area contributed by atoms with Crippen LogP contribution < -0.4 is 0 Å². The number of hydrogen-bond acceptors (Lipinski definition) is 4. The molecule has 2 heterocycles. The molecule has 2 aromatic heterocycles. The Morgan fingerprint density at radius 2 is 1.58 bits per heavy atom. The topological polar surface area (TPSA) is 59.2 Å². The van der Waals surface area contributed by atoms with Crippen LogP contribution in [0.1, 0.15) is 0 Å². The molecule has 3 aromatic carbocycles. The van der Waals surface area contributed by atoms with Gasteiger partial charge in [-0.2, -0.15) is 0 Å². The van der Waals surface area contributed by atoms with E-state index in [-0.39, 0.29) is 5.75 Å². The zero-order valence-electron chi connectivity index (χ0n) is 13.8. The molecule has 0 spiro atoms. The predicted molar refractivity (Wildman–Crippen MR) is 102 cm³/mol. The summed E-state index contributed by atoms with van der Waals surface area (Å²) in [6.07, 6.45) is 1.68. The Labute approximate surface area is 149 Å². The number of aromatic nitrogens is 2. The molecule has 0 fully saturated rings. The van der Waals surface area contributed by atoms with Crippen LogP contribution in [0.3, 0.4) is 0 Å². The number of aromatic hydroxyl groups is 1. The monoisotopic (exact) mass is 338 g/mol. The first-order valence-corrected chi connectivity index (χ1v) is 8.33. The Morgan fingerprint density at radius 3 is 2.42 bits per heavy atom. The molecule has 26 heavy (non-hydrogen) atoms. The molecule has 4 nitrogen and oxygen atoms in total. The summed E-state index contributed by atoms with van der Waals surface area (Å²) >= 11 is 0. The van der Waals surface area contributed by atoms with Crippen LogP contribution in [0.4, 0.5) is 0 Å². The summed E-state index contributed by atoms with van der Waals surface area (Å²) < 4.78 is 5.81. The highest BCUT2D eigenvalue weighted by Gasteiger charge is 2.11. The summed E-state index contributed by atoms with van der Waals surface area (Å²) in [5, 5.41) is 11.5. The zero-order valence-corrected chi connectivity index (χ0v) is 13.8. The quantitative estimate of drug-likeness (QED) is 0.467. The number of hydrogen-bond donors (Lipinski definition) is 1. The maximum Gasteiger partial charge on any atom is 0.227 e. The van der Waals surface area contributed by atoms with Gasteiger partial charge >= 0.3 is 0 Å². The highest BCUT2D eigenvalue weighted by atomic mass is 16.3. The number of benzene rings is 3.